The quantitative estimate of drug-likeness (QED) is 0.473. The van der Waals surface area contributed by atoms with Gasteiger partial charge in [-0.1, -0.05) is 48.5 Å². The summed E-state index contributed by atoms with van der Waals surface area (Å²) in [5.74, 6) is -0.389. The van der Waals surface area contributed by atoms with E-state index in [1.54, 1.807) is 42.5 Å². The Morgan fingerprint density at radius 2 is 1.58 bits per heavy atom. The molecule has 0 aliphatic rings. The molecule has 0 aromatic heterocycles. The lowest BCUT2D eigenvalue weighted by Gasteiger charge is -2.19. The minimum Gasteiger partial charge on any atom is -0.493 e. The van der Waals surface area contributed by atoms with Crippen LogP contribution < -0.4 is 19.5 Å². The summed E-state index contributed by atoms with van der Waals surface area (Å²) >= 11 is 0. The highest BCUT2D eigenvalue weighted by Gasteiger charge is 2.27. The Kier molecular flexibility index (Phi) is 8.02. The third-order valence-corrected chi connectivity index (χ3v) is 6.44. The first-order valence-electron chi connectivity index (χ1n) is 10.1. The second-order valence-corrected chi connectivity index (χ2v) is 8.88. The van der Waals surface area contributed by atoms with E-state index < -0.39 is 32.7 Å². The Morgan fingerprint density at radius 1 is 0.909 bits per heavy atom. The molecule has 0 aliphatic heterocycles. The molecular formula is C24H25FN2O5S. The molecule has 9 heteroatoms. The highest BCUT2D eigenvalue weighted by Crippen LogP contribution is 2.27. The van der Waals surface area contributed by atoms with Gasteiger partial charge >= 0.3 is 0 Å². The maximum Gasteiger partial charge on any atom is 0.244 e. The molecule has 174 valence electrons. The average Bonchev–Trinajstić information content (AvgIpc) is 2.82. The van der Waals surface area contributed by atoms with E-state index in [9.17, 15) is 17.6 Å². The molecule has 3 aromatic carbocycles. The lowest BCUT2D eigenvalue weighted by atomic mass is 10.1. The van der Waals surface area contributed by atoms with E-state index in [1.807, 2.05) is 6.07 Å². The van der Waals surface area contributed by atoms with Crippen molar-refractivity contribution in [1.82, 2.24) is 10.0 Å². The van der Waals surface area contributed by atoms with Crippen molar-refractivity contribution in [2.24, 2.45) is 0 Å². The van der Waals surface area contributed by atoms with E-state index in [4.69, 9.17) is 9.47 Å². The third-order valence-electron chi connectivity index (χ3n) is 4.94. The van der Waals surface area contributed by atoms with Crippen molar-refractivity contribution in [2.75, 3.05) is 14.2 Å². The Hall–Kier alpha value is -3.43. The summed E-state index contributed by atoms with van der Waals surface area (Å²) in [6, 6.07) is 18.0. The van der Waals surface area contributed by atoms with Crippen LogP contribution in [0.3, 0.4) is 0 Å². The van der Waals surface area contributed by atoms with Gasteiger partial charge in [-0.25, -0.2) is 12.8 Å². The highest BCUT2D eigenvalue weighted by molar-refractivity contribution is 7.89. The minimum absolute atomic E-state index is 0.0896. The number of benzene rings is 3. The molecule has 33 heavy (non-hydrogen) atoms. The Labute approximate surface area is 192 Å². The lowest BCUT2D eigenvalue weighted by molar-refractivity contribution is -0.122. The van der Waals surface area contributed by atoms with Gasteiger partial charge in [0.15, 0.2) is 11.5 Å². The van der Waals surface area contributed by atoms with Gasteiger partial charge in [-0.15, -0.1) is 0 Å². The van der Waals surface area contributed by atoms with Crippen LogP contribution in [0.25, 0.3) is 0 Å². The summed E-state index contributed by atoms with van der Waals surface area (Å²) in [6.45, 7) is 0.131. The molecular weight excluding hydrogens is 447 g/mol. The first-order chi connectivity index (χ1) is 15.8. The first-order valence-corrected chi connectivity index (χ1v) is 11.6. The zero-order valence-corrected chi connectivity index (χ0v) is 19.1. The Morgan fingerprint density at radius 3 is 2.24 bits per heavy atom. The predicted octanol–water partition coefficient (Wildman–Crippen LogP) is 3.05. The van der Waals surface area contributed by atoms with Crippen LogP contribution in [0.5, 0.6) is 11.5 Å². The number of hydrogen-bond acceptors (Lipinski definition) is 5. The molecule has 0 saturated heterocycles. The molecule has 1 amide bonds. The molecule has 3 rings (SSSR count). The van der Waals surface area contributed by atoms with Crippen LogP contribution in [-0.4, -0.2) is 34.6 Å². The van der Waals surface area contributed by atoms with Gasteiger partial charge in [-0.3, -0.25) is 4.79 Å². The predicted molar refractivity (Wildman–Crippen MR) is 122 cm³/mol. The molecule has 3 aromatic rings. The standard InChI is InChI=1S/C24H25FN2O5S/c1-31-21-13-12-18(15-22(21)32-2)16-26-24(28)20(14-17-8-4-3-5-9-17)27-33(29,30)23-11-7-6-10-19(23)25/h3-13,15,20,27H,14,16H2,1-2H3,(H,26,28)/t20-/m1/s1. The maximum absolute atomic E-state index is 14.1. The minimum atomic E-state index is -4.28. The number of carbonyl (C=O) groups excluding carboxylic acids is 1. The zero-order valence-electron chi connectivity index (χ0n) is 18.2. The maximum atomic E-state index is 14.1. The monoisotopic (exact) mass is 472 g/mol. The summed E-state index contributed by atoms with van der Waals surface area (Å²) in [5, 5.41) is 2.74. The van der Waals surface area contributed by atoms with Crippen LogP contribution in [0, 0.1) is 5.82 Å². The molecule has 1 atom stereocenters. The number of rotatable bonds is 10. The number of amides is 1. The van der Waals surface area contributed by atoms with Crippen molar-refractivity contribution < 1.29 is 27.1 Å². The van der Waals surface area contributed by atoms with E-state index in [1.165, 1.54) is 26.4 Å². The molecule has 0 spiro atoms. The lowest BCUT2D eigenvalue weighted by Crippen LogP contribution is -2.47. The van der Waals surface area contributed by atoms with E-state index >= 15 is 0 Å². The van der Waals surface area contributed by atoms with Crippen molar-refractivity contribution in [3.05, 3.63) is 89.7 Å². The molecule has 0 radical (unpaired) electrons. The van der Waals surface area contributed by atoms with Crippen molar-refractivity contribution in [1.29, 1.82) is 0 Å². The van der Waals surface area contributed by atoms with Gasteiger partial charge in [0, 0.05) is 6.54 Å². The SMILES string of the molecule is COc1ccc(CNC(=O)[C@@H](Cc2ccccc2)NS(=O)(=O)c2ccccc2F)cc1OC. The molecule has 0 heterocycles. The average molecular weight is 473 g/mol. The molecule has 0 aliphatic carbocycles. The van der Waals surface area contributed by atoms with Crippen molar-refractivity contribution in [3.8, 4) is 11.5 Å². The summed E-state index contributed by atoms with van der Waals surface area (Å²) in [7, 11) is -1.25. The fourth-order valence-corrected chi connectivity index (χ4v) is 4.53. The van der Waals surface area contributed by atoms with Crippen molar-refractivity contribution in [3.63, 3.8) is 0 Å². The molecule has 2 N–H and O–H groups in total. The number of nitrogens with one attached hydrogen (secondary N) is 2. The highest BCUT2D eigenvalue weighted by atomic mass is 32.2. The number of carbonyl (C=O) groups is 1. The Bertz CT molecular complexity index is 1200. The zero-order chi connectivity index (χ0) is 23.8. The smallest absolute Gasteiger partial charge is 0.244 e. The van der Waals surface area contributed by atoms with E-state index in [-0.39, 0.29) is 13.0 Å². The fourth-order valence-electron chi connectivity index (χ4n) is 3.25. The number of ether oxygens (including phenoxy) is 2. The van der Waals surface area contributed by atoms with Gasteiger partial charge in [0.05, 0.1) is 14.2 Å². The second kappa shape index (κ2) is 10.9. The van der Waals surface area contributed by atoms with Crippen molar-refractivity contribution in [2.45, 2.75) is 23.9 Å². The summed E-state index contributed by atoms with van der Waals surface area (Å²) < 4.78 is 52.6. The first kappa shape index (κ1) is 24.2. The number of sulfonamides is 1. The van der Waals surface area contributed by atoms with Crippen LogP contribution in [0.2, 0.25) is 0 Å². The van der Waals surface area contributed by atoms with Crippen LogP contribution in [0.1, 0.15) is 11.1 Å². The topological polar surface area (TPSA) is 93.7 Å². The summed E-state index contributed by atoms with van der Waals surface area (Å²) in [5.41, 5.74) is 1.48. The molecule has 7 nitrogen and oxygen atoms in total. The van der Waals surface area contributed by atoms with Crippen LogP contribution in [0.4, 0.5) is 4.39 Å². The van der Waals surface area contributed by atoms with Gasteiger partial charge in [-0.05, 0) is 41.8 Å². The number of methoxy groups -OCH3 is 2. The van der Waals surface area contributed by atoms with Gasteiger partial charge in [0.25, 0.3) is 0 Å². The van der Waals surface area contributed by atoms with Gasteiger partial charge in [0.1, 0.15) is 16.8 Å². The molecule has 0 saturated carbocycles. The van der Waals surface area contributed by atoms with Gasteiger partial charge < -0.3 is 14.8 Å². The van der Waals surface area contributed by atoms with Crippen LogP contribution in [0.15, 0.2) is 77.7 Å². The van der Waals surface area contributed by atoms with Gasteiger partial charge in [-0.2, -0.15) is 4.72 Å². The summed E-state index contributed by atoms with van der Waals surface area (Å²) in [6.07, 6.45) is 0.0896. The molecule has 0 unspecified atom stereocenters. The van der Waals surface area contributed by atoms with E-state index in [0.717, 1.165) is 23.3 Å². The van der Waals surface area contributed by atoms with Crippen LogP contribution >= 0.6 is 0 Å². The van der Waals surface area contributed by atoms with Crippen molar-refractivity contribution >= 4 is 15.9 Å². The van der Waals surface area contributed by atoms with E-state index in [2.05, 4.69) is 10.0 Å². The molecule has 0 bridgehead atoms. The normalized spacial score (nSPS) is 12.1. The Balaban J connectivity index is 1.80. The number of hydrogen-bond donors (Lipinski definition) is 2. The number of halogens is 1. The summed E-state index contributed by atoms with van der Waals surface area (Å²) in [4.78, 5) is 12.5. The fraction of sp³-hybridized carbons (Fsp3) is 0.208. The van der Waals surface area contributed by atoms with Crippen LogP contribution in [-0.2, 0) is 27.8 Å². The molecule has 0 fully saturated rings. The van der Waals surface area contributed by atoms with Gasteiger partial charge in [0.2, 0.25) is 15.9 Å². The second-order valence-electron chi connectivity index (χ2n) is 7.20. The largest absolute Gasteiger partial charge is 0.493 e. The van der Waals surface area contributed by atoms with E-state index in [0.29, 0.717) is 11.5 Å². The third kappa shape index (κ3) is 6.30.